The Hall–Kier alpha value is -3.20. The number of aliphatic hydroxyl groups excluding tert-OH is 1. The fourth-order valence-electron chi connectivity index (χ4n) is 6.47. The smallest absolute Gasteiger partial charge is 0.268 e. The van der Waals surface area contributed by atoms with E-state index in [2.05, 4.69) is 29.5 Å². The van der Waals surface area contributed by atoms with Crippen molar-refractivity contribution in [2.24, 2.45) is 28.6 Å². The first-order valence-electron chi connectivity index (χ1n) is 14.2. The molecule has 9 nitrogen and oxygen atoms in total. The number of benzene rings is 1. The largest absolute Gasteiger partial charge is 0.389 e. The molecule has 2 aliphatic rings. The number of aryl methyl sites for hydroxylation is 1. The summed E-state index contributed by atoms with van der Waals surface area (Å²) in [7, 11) is 0. The summed E-state index contributed by atoms with van der Waals surface area (Å²) < 4.78 is 0. The molecule has 1 saturated carbocycles. The number of aromatic nitrogens is 1. The molecule has 218 valence electrons. The number of carbonyl (C=O) groups excluding carboxylic acids is 4. The third-order valence-electron chi connectivity index (χ3n) is 8.83. The molecular weight excluding hydrogens is 508 g/mol. The highest BCUT2D eigenvalue weighted by atomic mass is 16.3. The van der Waals surface area contributed by atoms with Gasteiger partial charge in [0.05, 0.1) is 6.04 Å². The van der Waals surface area contributed by atoms with Crippen LogP contribution in [0.1, 0.15) is 70.9 Å². The van der Waals surface area contributed by atoms with Crippen LogP contribution in [0.2, 0.25) is 0 Å². The number of fused-ring (bicyclic) bond motifs is 2. The average molecular weight is 553 g/mol. The number of ketones is 1. The number of likely N-dealkylation sites (tertiary alicyclic amines) is 1. The molecular formula is C31H44N4O5. The lowest BCUT2D eigenvalue weighted by Crippen LogP contribution is -2.59. The van der Waals surface area contributed by atoms with Crippen molar-refractivity contribution in [3.63, 3.8) is 0 Å². The molecule has 1 aromatic carbocycles. The lowest BCUT2D eigenvalue weighted by Gasteiger charge is -2.36. The molecule has 1 saturated heterocycles. The van der Waals surface area contributed by atoms with Crippen molar-refractivity contribution < 1.29 is 24.3 Å². The molecule has 9 heteroatoms. The maximum absolute atomic E-state index is 14.1. The molecule has 0 radical (unpaired) electrons. The first kappa shape index (κ1) is 29.8. The number of nitrogens with zero attached hydrogens (tertiary/aromatic N) is 1. The van der Waals surface area contributed by atoms with Gasteiger partial charge in [0.15, 0.2) is 5.78 Å². The van der Waals surface area contributed by atoms with Crippen molar-refractivity contribution in [2.45, 2.75) is 79.9 Å². The van der Waals surface area contributed by atoms with Gasteiger partial charge in [0, 0.05) is 17.4 Å². The number of amides is 3. The molecule has 4 N–H and O–H groups in total. The van der Waals surface area contributed by atoms with E-state index in [4.69, 9.17) is 0 Å². The van der Waals surface area contributed by atoms with E-state index in [1.165, 1.54) is 0 Å². The Morgan fingerprint density at radius 2 is 1.82 bits per heavy atom. The van der Waals surface area contributed by atoms with Gasteiger partial charge in [-0.3, -0.25) is 19.2 Å². The van der Waals surface area contributed by atoms with Gasteiger partial charge in [-0.05, 0) is 59.6 Å². The van der Waals surface area contributed by atoms with Gasteiger partial charge in [-0.25, -0.2) is 0 Å². The van der Waals surface area contributed by atoms with Gasteiger partial charge >= 0.3 is 0 Å². The summed E-state index contributed by atoms with van der Waals surface area (Å²) >= 11 is 0. The van der Waals surface area contributed by atoms with Crippen LogP contribution in [0, 0.1) is 35.5 Å². The minimum absolute atomic E-state index is 0.0478. The Morgan fingerprint density at radius 3 is 2.40 bits per heavy atom. The van der Waals surface area contributed by atoms with Crippen molar-refractivity contribution in [1.29, 1.82) is 0 Å². The van der Waals surface area contributed by atoms with E-state index in [1.54, 1.807) is 11.0 Å². The van der Waals surface area contributed by atoms with E-state index >= 15 is 0 Å². The van der Waals surface area contributed by atoms with E-state index in [0.29, 0.717) is 18.7 Å². The Kier molecular flexibility index (Phi) is 7.93. The van der Waals surface area contributed by atoms with Crippen LogP contribution in [0.25, 0.3) is 10.9 Å². The van der Waals surface area contributed by atoms with Crippen LogP contribution < -0.4 is 10.6 Å². The number of Topliss-reactive ketones (excluding diaryl/α,β-unsaturated/α-hetero) is 1. The Morgan fingerprint density at radius 1 is 1.15 bits per heavy atom. The number of aliphatic hydroxyl groups is 1. The van der Waals surface area contributed by atoms with E-state index in [1.807, 2.05) is 59.7 Å². The predicted octanol–water partition coefficient (Wildman–Crippen LogP) is 3.20. The van der Waals surface area contributed by atoms with Crippen LogP contribution in [0.3, 0.4) is 0 Å². The van der Waals surface area contributed by atoms with E-state index in [0.717, 1.165) is 16.5 Å². The second-order valence-corrected chi connectivity index (χ2v) is 13.7. The molecule has 0 bridgehead atoms. The highest BCUT2D eigenvalue weighted by Crippen LogP contribution is 2.65. The van der Waals surface area contributed by atoms with Crippen molar-refractivity contribution in [3.05, 3.63) is 35.5 Å². The van der Waals surface area contributed by atoms with Crippen LogP contribution in [-0.2, 0) is 14.4 Å². The third-order valence-corrected chi connectivity index (χ3v) is 8.83. The molecule has 3 amide bonds. The van der Waals surface area contributed by atoms with Crippen molar-refractivity contribution in [1.82, 2.24) is 20.5 Å². The van der Waals surface area contributed by atoms with Gasteiger partial charge in [-0.2, -0.15) is 0 Å². The topological polar surface area (TPSA) is 132 Å². The number of H-pyrrole nitrogens is 1. The Bertz CT molecular complexity index is 1320. The van der Waals surface area contributed by atoms with Crippen LogP contribution in [0.5, 0.6) is 0 Å². The summed E-state index contributed by atoms with van der Waals surface area (Å²) in [4.78, 5) is 58.4. The summed E-state index contributed by atoms with van der Waals surface area (Å²) in [5.74, 6) is -1.31. The number of aromatic amines is 1. The number of hydrogen-bond acceptors (Lipinski definition) is 5. The number of nitrogens with one attached hydrogen (secondary N) is 3. The minimum atomic E-state index is -0.889. The molecule has 2 aromatic rings. The second-order valence-electron chi connectivity index (χ2n) is 13.7. The maximum atomic E-state index is 14.1. The van der Waals surface area contributed by atoms with E-state index < -0.39 is 41.8 Å². The molecule has 40 heavy (non-hydrogen) atoms. The van der Waals surface area contributed by atoms with Crippen molar-refractivity contribution in [3.8, 4) is 0 Å². The zero-order valence-electron chi connectivity index (χ0n) is 24.9. The molecule has 0 spiro atoms. The van der Waals surface area contributed by atoms with Crippen molar-refractivity contribution >= 4 is 34.4 Å². The van der Waals surface area contributed by atoms with Gasteiger partial charge in [-0.1, -0.05) is 60.6 Å². The molecule has 2 heterocycles. The SMILES string of the molecule is Cc1cccc2[nH]c(C(=O)N[C@@H](CC(C)C)C(=O)N3C[C@H]4[C@@H]([C@H]3C(=O)N[C@H](C(=O)CO)C(C)(C)C)C4(C)C)cc12. The fourth-order valence-corrected chi connectivity index (χ4v) is 6.47. The summed E-state index contributed by atoms with van der Waals surface area (Å²) in [5.41, 5.74) is 1.54. The van der Waals surface area contributed by atoms with Crippen molar-refractivity contribution in [2.75, 3.05) is 13.2 Å². The molecule has 0 unspecified atom stereocenters. The highest BCUT2D eigenvalue weighted by molar-refractivity contribution is 6.01. The van der Waals surface area contributed by atoms with Crippen LogP contribution >= 0.6 is 0 Å². The third kappa shape index (κ3) is 5.53. The van der Waals surface area contributed by atoms with Gasteiger partial charge < -0.3 is 25.6 Å². The van der Waals surface area contributed by atoms with Gasteiger partial charge in [0.1, 0.15) is 24.4 Å². The van der Waals surface area contributed by atoms with Crippen LogP contribution in [0.4, 0.5) is 0 Å². The first-order valence-corrected chi connectivity index (χ1v) is 14.2. The van der Waals surface area contributed by atoms with Crippen LogP contribution in [0.15, 0.2) is 24.3 Å². The molecule has 1 aromatic heterocycles. The second kappa shape index (κ2) is 10.7. The quantitative estimate of drug-likeness (QED) is 0.379. The molecule has 1 aliphatic heterocycles. The molecule has 1 aliphatic carbocycles. The number of rotatable bonds is 9. The van der Waals surface area contributed by atoms with Gasteiger partial charge in [0.25, 0.3) is 5.91 Å². The molecule has 2 fully saturated rings. The Balaban J connectivity index is 1.59. The normalized spacial score (nSPS) is 23.1. The summed E-state index contributed by atoms with van der Waals surface area (Å²) in [6, 6.07) is 5.14. The summed E-state index contributed by atoms with van der Waals surface area (Å²) in [6.45, 7) is 15.4. The van der Waals surface area contributed by atoms with Gasteiger partial charge in [-0.15, -0.1) is 0 Å². The minimum Gasteiger partial charge on any atom is -0.389 e. The lowest BCUT2D eigenvalue weighted by atomic mass is 9.84. The zero-order chi connectivity index (χ0) is 29.7. The Labute approximate surface area is 236 Å². The first-order chi connectivity index (χ1) is 18.6. The number of carbonyl (C=O) groups is 4. The monoisotopic (exact) mass is 552 g/mol. The zero-order valence-corrected chi connectivity index (χ0v) is 24.9. The van der Waals surface area contributed by atoms with Crippen LogP contribution in [-0.4, -0.2) is 69.8 Å². The molecule has 5 atom stereocenters. The predicted molar refractivity (Wildman–Crippen MR) is 153 cm³/mol. The average Bonchev–Trinajstić information content (AvgIpc) is 3.24. The molecule has 4 rings (SSSR count). The maximum Gasteiger partial charge on any atom is 0.268 e. The number of piperidine rings is 1. The standard InChI is InChI=1S/C31H44N4O5/c1-16(2)12-22(33-27(38)21-13-18-17(3)10-9-11-20(18)32-21)29(40)35-14-19-24(31(19,7)8)25(35)28(39)34-26(23(37)15-36)30(4,5)6/h9-11,13,16,19,22,24-26,32,36H,12,14-15H2,1-8H3,(H,33,38)(H,34,39)/t19-,22-,24-,25-,26+/m0/s1. The van der Waals surface area contributed by atoms with Gasteiger partial charge in [0.2, 0.25) is 11.8 Å². The summed E-state index contributed by atoms with van der Waals surface area (Å²) in [6.07, 6.45) is 0.418. The summed E-state index contributed by atoms with van der Waals surface area (Å²) in [5, 5.41) is 16.3. The van der Waals surface area contributed by atoms with E-state index in [9.17, 15) is 24.3 Å². The lowest BCUT2D eigenvalue weighted by molar-refractivity contribution is -0.143. The number of hydrogen-bond donors (Lipinski definition) is 4. The highest BCUT2D eigenvalue weighted by Gasteiger charge is 2.69. The fraction of sp³-hybridized carbons (Fsp3) is 0.613. The van der Waals surface area contributed by atoms with E-state index in [-0.39, 0.29) is 35.0 Å².